The highest BCUT2D eigenvalue weighted by molar-refractivity contribution is 5.25. The number of benzene rings is 1. The third-order valence-electron chi connectivity index (χ3n) is 4.05. The second-order valence-corrected chi connectivity index (χ2v) is 5.75. The maximum absolute atomic E-state index is 13.9. The molecule has 0 aromatic heterocycles. The van der Waals surface area contributed by atoms with Crippen molar-refractivity contribution in [3.63, 3.8) is 0 Å². The second-order valence-electron chi connectivity index (χ2n) is 5.75. The van der Waals surface area contributed by atoms with Crippen LogP contribution in [0.25, 0.3) is 0 Å². The van der Waals surface area contributed by atoms with Crippen LogP contribution in [0.3, 0.4) is 0 Å². The van der Waals surface area contributed by atoms with E-state index >= 15 is 0 Å². The van der Waals surface area contributed by atoms with E-state index in [4.69, 9.17) is 0 Å². The summed E-state index contributed by atoms with van der Waals surface area (Å²) < 4.78 is 13.9. The average molecular weight is 264 g/mol. The Morgan fingerprint density at radius 3 is 2.79 bits per heavy atom. The van der Waals surface area contributed by atoms with Gasteiger partial charge >= 0.3 is 0 Å². The van der Waals surface area contributed by atoms with E-state index in [2.05, 4.69) is 31.1 Å². The minimum absolute atomic E-state index is 0.0923. The van der Waals surface area contributed by atoms with Crippen molar-refractivity contribution in [3.8, 4) is 0 Å². The number of nitrogens with zero attached hydrogens (tertiary/aromatic N) is 1. The third-order valence-corrected chi connectivity index (χ3v) is 4.05. The molecule has 1 fully saturated rings. The molecule has 19 heavy (non-hydrogen) atoms. The lowest BCUT2D eigenvalue weighted by Crippen LogP contribution is -2.28. The molecule has 1 saturated carbocycles. The number of hydrogen-bond donors (Lipinski definition) is 1. The molecule has 0 bridgehead atoms. The van der Waals surface area contributed by atoms with Crippen molar-refractivity contribution >= 4 is 0 Å². The van der Waals surface area contributed by atoms with E-state index < -0.39 is 0 Å². The van der Waals surface area contributed by atoms with Gasteiger partial charge in [0.1, 0.15) is 5.82 Å². The van der Waals surface area contributed by atoms with Gasteiger partial charge in [-0.2, -0.15) is 0 Å². The molecule has 0 amide bonds. The van der Waals surface area contributed by atoms with Crippen LogP contribution < -0.4 is 5.32 Å². The van der Waals surface area contributed by atoms with Crippen molar-refractivity contribution in [1.82, 2.24) is 10.2 Å². The fourth-order valence-corrected chi connectivity index (χ4v) is 2.15. The highest BCUT2D eigenvalue weighted by Gasteiger charge is 2.20. The lowest BCUT2D eigenvalue weighted by Gasteiger charge is -2.24. The molecule has 2 nitrogen and oxygen atoms in total. The van der Waals surface area contributed by atoms with Gasteiger partial charge in [-0.05, 0) is 44.9 Å². The Kier molecular flexibility index (Phi) is 4.94. The van der Waals surface area contributed by atoms with Crippen molar-refractivity contribution < 1.29 is 4.39 Å². The van der Waals surface area contributed by atoms with Gasteiger partial charge in [0.05, 0.1) is 0 Å². The summed E-state index contributed by atoms with van der Waals surface area (Å²) in [5.41, 5.74) is 1.98. The summed E-state index contributed by atoms with van der Waals surface area (Å²) in [4.78, 5) is 2.20. The molecule has 1 aliphatic rings. The lowest BCUT2D eigenvalue weighted by molar-refractivity contribution is 0.240. The second kappa shape index (κ2) is 6.49. The summed E-state index contributed by atoms with van der Waals surface area (Å²) in [7, 11) is 2.06. The molecule has 1 aliphatic carbocycles. The van der Waals surface area contributed by atoms with Crippen molar-refractivity contribution in [2.45, 2.75) is 58.3 Å². The van der Waals surface area contributed by atoms with Gasteiger partial charge in [0.2, 0.25) is 0 Å². The summed E-state index contributed by atoms with van der Waals surface area (Å²) in [6, 6.07) is 6.66. The van der Waals surface area contributed by atoms with E-state index in [1.807, 2.05) is 12.1 Å². The molecular formula is C16H25FN2. The van der Waals surface area contributed by atoms with Crippen LogP contribution in [0.5, 0.6) is 0 Å². The van der Waals surface area contributed by atoms with E-state index in [-0.39, 0.29) is 5.82 Å². The molecule has 0 aliphatic heterocycles. The van der Waals surface area contributed by atoms with Gasteiger partial charge in [0, 0.05) is 30.7 Å². The van der Waals surface area contributed by atoms with Crippen LogP contribution in [-0.2, 0) is 13.1 Å². The fraction of sp³-hybridized carbons (Fsp3) is 0.625. The molecular weight excluding hydrogens is 239 g/mol. The standard InChI is InChI=1S/C16H25FN2/c1-4-12(2)19(3)11-14-9-13(5-8-16(14)17)10-18-15-6-7-15/h5,8-9,12,15,18H,4,6-7,10-11H2,1-3H3. The van der Waals surface area contributed by atoms with E-state index in [0.29, 0.717) is 18.6 Å². The highest BCUT2D eigenvalue weighted by Crippen LogP contribution is 2.20. The molecule has 0 saturated heterocycles. The predicted octanol–water partition coefficient (Wildman–Crippen LogP) is 3.31. The van der Waals surface area contributed by atoms with Gasteiger partial charge in [-0.15, -0.1) is 0 Å². The summed E-state index contributed by atoms with van der Waals surface area (Å²) in [5, 5.41) is 3.47. The smallest absolute Gasteiger partial charge is 0.127 e. The Morgan fingerprint density at radius 2 is 2.16 bits per heavy atom. The Balaban J connectivity index is 1.98. The molecule has 3 heteroatoms. The number of nitrogens with one attached hydrogen (secondary N) is 1. The highest BCUT2D eigenvalue weighted by atomic mass is 19.1. The fourth-order valence-electron chi connectivity index (χ4n) is 2.15. The van der Waals surface area contributed by atoms with Crippen LogP contribution >= 0.6 is 0 Å². The minimum atomic E-state index is -0.0923. The van der Waals surface area contributed by atoms with Crippen LogP contribution in [0.2, 0.25) is 0 Å². The average Bonchev–Trinajstić information content (AvgIpc) is 3.22. The van der Waals surface area contributed by atoms with Crippen LogP contribution in [0, 0.1) is 5.82 Å². The van der Waals surface area contributed by atoms with Crippen LogP contribution in [0.1, 0.15) is 44.2 Å². The molecule has 1 aromatic rings. The van der Waals surface area contributed by atoms with E-state index in [1.165, 1.54) is 18.4 Å². The Morgan fingerprint density at radius 1 is 1.42 bits per heavy atom. The minimum Gasteiger partial charge on any atom is -0.310 e. The quantitative estimate of drug-likeness (QED) is 0.813. The molecule has 106 valence electrons. The molecule has 2 rings (SSSR count). The van der Waals surface area contributed by atoms with Crippen LogP contribution in [-0.4, -0.2) is 24.0 Å². The van der Waals surface area contributed by atoms with Crippen molar-refractivity contribution in [3.05, 3.63) is 35.1 Å². The Labute approximate surface area is 116 Å². The van der Waals surface area contributed by atoms with E-state index in [1.54, 1.807) is 6.07 Å². The summed E-state index contributed by atoms with van der Waals surface area (Å²) >= 11 is 0. The number of rotatable bonds is 7. The van der Waals surface area contributed by atoms with E-state index in [9.17, 15) is 4.39 Å². The van der Waals surface area contributed by atoms with Gasteiger partial charge in [-0.25, -0.2) is 4.39 Å². The first-order valence-electron chi connectivity index (χ1n) is 7.31. The first-order chi connectivity index (χ1) is 9.10. The zero-order valence-electron chi connectivity index (χ0n) is 12.2. The normalized spacial score (nSPS) is 16.9. The number of hydrogen-bond acceptors (Lipinski definition) is 2. The third kappa shape index (κ3) is 4.29. The monoisotopic (exact) mass is 264 g/mol. The zero-order valence-corrected chi connectivity index (χ0v) is 12.2. The summed E-state index contributed by atoms with van der Waals surface area (Å²) in [5.74, 6) is -0.0923. The van der Waals surface area contributed by atoms with Crippen LogP contribution in [0.15, 0.2) is 18.2 Å². The molecule has 0 radical (unpaired) electrons. The van der Waals surface area contributed by atoms with Crippen molar-refractivity contribution in [2.24, 2.45) is 0 Å². The molecule has 1 unspecified atom stereocenters. The molecule has 0 spiro atoms. The number of halogens is 1. The first-order valence-corrected chi connectivity index (χ1v) is 7.31. The summed E-state index contributed by atoms with van der Waals surface area (Å²) in [6.45, 7) is 5.87. The first kappa shape index (κ1) is 14.5. The van der Waals surface area contributed by atoms with Gasteiger partial charge < -0.3 is 5.32 Å². The molecule has 1 atom stereocenters. The topological polar surface area (TPSA) is 15.3 Å². The maximum Gasteiger partial charge on any atom is 0.127 e. The van der Waals surface area contributed by atoms with Gasteiger partial charge in [0.25, 0.3) is 0 Å². The van der Waals surface area contributed by atoms with Crippen LogP contribution in [0.4, 0.5) is 4.39 Å². The molecule has 1 aromatic carbocycles. The van der Waals surface area contributed by atoms with Gasteiger partial charge in [-0.1, -0.05) is 19.1 Å². The SMILES string of the molecule is CCC(C)N(C)Cc1cc(CNC2CC2)ccc1F. The van der Waals surface area contributed by atoms with E-state index in [0.717, 1.165) is 18.5 Å². The molecule has 0 heterocycles. The Bertz CT molecular complexity index is 415. The largest absolute Gasteiger partial charge is 0.310 e. The maximum atomic E-state index is 13.9. The van der Waals surface area contributed by atoms with Gasteiger partial charge in [0.15, 0.2) is 0 Å². The zero-order chi connectivity index (χ0) is 13.8. The molecule has 1 N–H and O–H groups in total. The van der Waals surface area contributed by atoms with Crippen molar-refractivity contribution in [1.29, 1.82) is 0 Å². The summed E-state index contributed by atoms with van der Waals surface area (Å²) in [6.07, 6.45) is 3.65. The van der Waals surface area contributed by atoms with Gasteiger partial charge in [-0.3, -0.25) is 4.90 Å². The van der Waals surface area contributed by atoms with Crippen molar-refractivity contribution in [2.75, 3.05) is 7.05 Å². The Hall–Kier alpha value is -0.930. The predicted molar refractivity (Wildman–Crippen MR) is 77.5 cm³/mol. The lowest BCUT2D eigenvalue weighted by atomic mass is 10.1.